The maximum absolute atomic E-state index is 12.1. The Bertz CT molecular complexity index is 445. The van der Waals surface area contributed by atoms with Crippen LogP contribution in [0, 0.1) is 5.92 Å². The normalized spacial score (nSPS) is 12.1. The van der Waals surface area contributed by atoms with Crippen LogP contribution in [0.4, 0.5) is 0 Å². The number of nitrogens with one attached hydrogen (secondary N) is 1. The second kappa shape index (κ2) is 7.75. The van der Waals surface area contributed by atoms with E-state index in [0.29, 0.717) is 29.4 Å². The molecule has 20 heavy (non-hydrogen) atoms. The van der Waals surface area contributed by atoms with Gasteiger partial charge < -0.3 is 19.9 Å². The zero-order valence-electron chi connectivity index (χ0n) is 12.5. The number of aliphatic hydroxyl groups is 1. The number of benzene rings is 1. The van der Waals surface area contributed by atoms with Crippen molar-refractivity contribution in [3.8, 4) is 11.5 Å². The largest absolute Gasteiger partial charge is 0.497 e. The second-order valence-corrected chi connectivity index (χ2v) is 5.06. The third-order valence-corrected chi connectivity index (χ3v) is 2.90. The predicted octanol–water partition coefficient (Wildman–Crippen LogP) is 1.84. The predicted molar refractivity (Wildman–Crippen MR) is 77.3 cm³/mol. The summed E-state index contributed by atoms with van der Waals surface area (Å²) in [5.41, 5.74) is 0.421. The Morgan fingerprint density at radius 3 is 2.55 bits per heavy atom. The Morgan fingerprint density at radius 1 is 1.30 bits per heavy atom. The van der Waals surface area contributed by atoms with Gasteiger partial charge in [-0.3, -0.25) is 4.79 Å². The summed E-state index contributed by atoms with van der Waals surface area (Å²) >= 11 is 0. The molecule has 0 radical (unpaired) electrons. The first-order valence-corrected chi connectivity index (χ1v) is 6.66. The molecular formula is C15H23NO4. The zero-order chi connectivity index (χ0) is 15.1. The molecule has 5 nitrogen and oxygen atoms in total. The van der Waals surface area contributed by atoms with Gasteiger partial charge in [-0.2, -0.15) is 0 Å². The van der Waals surface area contributed by atoms with Gasteiger partial charge in [-0.1, -0.05) is 13.8 Å². The Labute approximate surface area is 119 Å². The number of carbonyl (C=O) groups is 1. The lowest BCUT2D eigenvalue weighted by Gasteiger charge is -2.15. The first-order chi connectivity index (χ1) is 9.47. The van der Waals surface area contributed by atoms with E-state index in [4.69, 9.17) is 9.47 Å². The average Bonchev–Trinajstić information content (AvgIpc) is 2.43. The van der Waals surface area contributed by atoms with Gasteiger partial charge in [-0.25, -0.2) is 0 Å². The van der Waals surface area contributed by atoms with Crippen molar-refractivity contribution >= 4 is 5.91 Å². The van der Waals surface area contributed by atoms with Gasteiger partial charge in [-0.15, -0.1) is 0 Å². The van der Waals surface area contributed by atoms with Crippen LogP contribution < -0.4 is 14.8 Å². The van der Waals surface area contributed by atoms with E-state index >= 15 is 0 Å². The highest BCUT2D eigenvalue weighted by atomic mass is 16.5. The summed E-state index contributed by atoms with van der Waals surface area (Å²) in [7, 11) is 3.05. The van der Waals surface area contributed by atoms with Crippen LogP contribution in [0.5, 0.6) is 11.5 Å². The molecule has 0 bridgehead atoms. The molecule has 112 valence electrons. The molecule has 0 saturated heterocycles. The van der Waals surface area contributed by atoms with E-state index in [9.17, 15) is 9.90 Å². The SMILES string of the molecule is COc1ccc(C(=O)NCC(O)CC(C)C)c(OC)c1. The Morgan fingerprint density at radius 2 is 2.00 bits per heavy atom. The third kappa shape index (κ3) is 4.74. The first kappa shape index (κ1) is 16.3. The van der Waals surface area contributed by atoms with Gasteiger partial charge in [0.05, 0.1) is 25.9 Å². The Kier molecular flexibility index (Phi) is 6.31. The molecule has 0 fully saturated rings. The lowest BCUT2D eigenvalue weighted by molar-refractivity contribution is 0.0897. The minimum absolute atomic E-state index is 0.228. The fourth-order valence-electron chi connectivity index (χ4n) is 1.92. The minimum atomic E-state index is -0.539. The highest BCUT2D eigenvalue weighted by Crippen LogP contribution is 2.24. The van der Waals surface area contributed by atoms with Crippen molar-refractivity contribution in [1.82, 2.24) is 5.32 Å². The molecule has 1 atom stereocenters. The van der Waals surface area contributed by atoms with E-state index in [0.717, 1.165) is 0 Å². The smallest absolute Gasteiger partial charge is 0.255 e. The number of ether oxygens (including phenoxy) is 2. The van der Waals surface area contributed by atoms with E-state index in [1.807, 2.05) is 13.8 Å². The number of methoxy groups -OCH3 is 2. The van der Waals surface area contributed by atoms with Crippen LogP contribution in [0.1, 0.15) is 30.6 Å². The van der Waals surface area contributed by atoms with Crippen molar-refractivity contribution < 1.29 is 19.4 Å². The van der Waals surface area contributed by atoms with Crippen LogP contribution >= 0.6 is 0 Å². The number of amides is 1. The summed E-state index contributed by atoms with van der Waals surface area (Å²) < 4.78 is 10.3. The van der Waals surface area contributed by atoms with Crippen LogP contribution in [0.25, 0.3) is 0 Å². The molecule has 0 spiro atoms. The topological polar surface area (TPSA) is 67.8 Å². The van der Waals surface area contributed by atoms with Crippen LogP contribution in [0.2, 0.25) is 0 Å². The van der Waals surface area contributed by atoms with Gasteiger partial charge in [0.1, 0.15) is 11.5 Å². The molecule has 0 aliphatic rings. The van der Waals surface area contributed by atoms with Crippen LogP contribution in [0.15, 0.2) is 18.2 Å². The molecule has 5 heteroatoms. The summed E-state index contributed by atoms with van der Waals surface area (Å²) in [6.07, 6.45) is 0.114. The van der Waals surface area contributed by atoms with Crippen molar-refractivity contribution in [1.29, 1.82) is 0 Å². The molecule has 1 unspecified atom stereocenters. The second-order valence-electron chi connectivity index (χ2n) is 5.06. The van der Waals surface area contributed by atoms with E-state index in [-0.39, 0.29) is 12.5 Å². The monoisotopic (exact) mass is 281 g/mol. The van der Waals surface area contributed by atoms with Gasteiger partial charge in [0.25, 0.3) is 5.91 Å². The molecule has 2 N–H and O–H groups in total. The molecule has 1 rings (SSSR count). The van der Waals surface area contributed by atoms with Crippen molar-refractivity contribution in [2.45, 2.75) is 26.4 Å². The van der Waals surface area contributed by atoms with Crippen LogP contribution in [-0.4, -0.2) is 37.9 Å². The first-order valence-electron chi connectivity index (χ1n) is 6.66. The summed E-state index contributed by atoms with van der Waals surface area (Å²) in [4.78, 5) is 12.1. The highest BCUT2D eigenvalue weighted by molar-refractivity contribution is 5.97. The Hall–Kier alpha value is -1.75. The number of carbonyl (C=O) groups excluding carboxylic acids is 1. The fourth-order valence-corrected chi connectivity index (χ4v) is 1.92. The lowest BCUT2D eigenvalue weighted by Crippen LogP contribution is -2.33. The molecule has 0 aliphatic heterocycles. The third-order valence-electron chi connectivity index (χ3n) is 2.90. The van der Waals surface area contributed by atoms with Crippen LogP contribution in [-0.2, 0) is 0 Å². The fraction of sp³-hybridized carbons (Fsp3) is 0.533. The van der Waals surface area contributed by atoms with Crippen molar-refractivity contribution in [3.63, 3.8) is 0 Å². The highest BCUT2D eigenvalue weighted by Gasteiger charge is 2.15. The summed E-state index contributed by atoms with van der Waals surface area (Å²) in [6.45, 7) is 4.28. The number of hydrogen-bond acceptors (Lipinski definition) is 4. The number of rotatable bonds is 7. The Balaban J connectivity index is 2.67. The maximum Gasteiger partial charge on any atom is 0.255 e. The van der Waals surface area contributed by atoms with E-state index in [1.165, 1.54) is 7.11 Å². The molecule has 1 aromatic rings. The van der Waals surface area contributed by atoms with Gasteiger partial charge in [0.2, 0.25) is 0 Å². The van der Waals surface area contributed by atoms with E-state index < -0.39 is 6.10 Å². The summed E-state index contributed by atoms with van der Waals surface area (Å²) in [5.74, 6) is 1.18. The number of aliphatic hydroxyl groups excluding tert-OH is 1. The van der Waals surface area contributed by atoms with Crippen LogP contribution in [0.3, 0.4) is 0 Å². The van der Waals surface area contributed by atoms with Gasteiger partial charge >= 0.3 is 0 Å². The van der Waals surface area contributed by atoms with Gasteiger partial charge in [-0.05, 0) is 24.5 Å². The summed E-state index contributed by atoms with van der Waals surface area (Å²) in [5, 5.41) is 12.5. The van der Waals surface area contributed by atoms with Gasteiger partial charge in [0.15, 0.2) is 0 Å². The summed E-state index contributed by atoms with van der Waals surface area (Å²) in [6, 6.07) is 4.99. The molecule has 0 saturated carbocycles. The van der Waals surface area contributed by atoms with Crippen molar-refractivity contribution in [3.05, 3.63) is 23.8 Å². The van der Waals surface area contributed by atoms with Gasteiger partial charge in [0, 0.05) is 12.6 Å². The quantitative estimate of drug-likeness (QED) is 0.800. The van der Waals surface area contributed by atoms with Crippen molar-refractivity contribution in [2.24, 2.45) is 5.92 Å². The molecular weight excluding hydrogens is 258 g/mol. The molecule has 0 aliphatic carbocycles. The standard InChI is InChI=1S/C15H23NO4/c1-10(2)7-11(17)9-16-15(18)13-6-5-12(19-3)8-14(13)20-4/h5-6,8,10-11,17H,7,9H2,1-4H3,(H,16,18). The molecule has 0 heterocycles. The minimum Gasteiger partial charge on any atom is -0.497 e. The molecule has 1 amide bonds. The molecule has 0 aromatic heterocycles. The lowest BCUT2D eigenvalue weighted by atomic mass is 10.1. The van der Waals surface area contributed by atoms with E-state index in [2.05, 4.69) is 5.32 Å². The average molecular weight is 281 g/mol. The number of hydrogen-bond donors (Lipinski definition) is 2. The van der Waals surface area contributed by atoms with Crippen molar-refractivity contribution in [2.75, 3.05) is 20.8 Å². The maximum atomic E-state index is 12.1. The van der Waals surface area contributed by atoms with E-state index in [1.54, 1.807) is 25.3 Å². The zero-order valence-corrected chi connectivity index (χ0v) is 12.5. The molecule has 1 aromatic carbocycles.